The number of hydrogen-bond acceptors (Lipinski definition) is 0. The third kappa shape index (κ3) is 5.26. The Morgan fingerprint density at radius 1 is 0.610 bits per heavy atom. The molecule has 5 aromatic rings. The minimum atomic E-state index is 0.238. The first kappa shape index (κ1) is 26.5. The van der Waals surface area contributed by atoms with Crippen LogP contribution in [-0.4, -0.2) is 0 Å². The summed E-state index contributed by atoms with van der Waals surface area (Å²) in [5.74, 6) is 0.596. The average molecular weight is 529 g/mol. The zero-order valence-electron chi connectivity index (χ0n) is 24.1. The fourth-order valence-corrected chi connectivity index (χ4v) is 6.15. The predicted octanol–water partition coefficient (Wildman–Crippen LogP) is 11.4. The monoisotopic (exact) mass is 528 g/mol. The van der Waals surface area contributed by atoms with E-state index in [0.29, 0.717) is 5.92 Å². The molecule has 0 radical (unpaired) electrons. The SMILES string of the molecule is C=C1/C=C\C=C/C(C)c2ccc(C(C)c3ccccc3-c3ccc(-c4ccccc4-c4ccccc4)cc3C)cc21. The number of allylic oxidation sites excluding steroid dienone is 5. The van der Waals surface area contributed by atoms with E-state index in [-0.39, 0.29) is 5.92 Å². The highest BCUT2D eigenvalue weighted by atomic mass is 14.2. The van der Waals surface area contributed by atoms with Crippen LogP contribution in [0.15, 0.2) is 146 Å². The molecule has 41 heavy (non-hydrogen) atoms. The van der Waals surface area contributed by atoms with Crippen molar-refractivity contribution in [2.24, 2.45) is 0 Å². The fourth-order valence-electron chi connectivity index (χ4n) is 6.15. The van der Waals surface area contributed by atoms with Gasteiger partial charge < -0.3 is 0 Å². The zero-order valence-corrected chi connectivity index (χ0v) is 24.1. The van der Waals surface area contributed by atoms with Crippen molar-refractivity contribution in [3.05, 3.63) is 174 Å². The van der Waals surface area contributed by atoms with Gasteiger partial charge in [-0.25, -0.2) is 0 Å². The maximum absolute atomic E-state index is 4.38. The maximum Gasteiger partial charge on any atom is 0.00673 e. The molecular formula is C41H36. The standard InChI is InChI=1S/C41H36/c1-28-14-8-9-15-29(2)41-27-33(22-24-35(28)41)31(4)37-18-10-13-21-40(37)36-25-23-34(26-30(36)3)39-20-12-11-19-38(39)32-16-6-5-7-17-32/h5-28,31H,2H2,1,3-4H3/b14-8-,15-9-. The van der Waals surface area contributed by atoms with Crippen LogP contribution < -0.4 is 0 Å². The van der Waals surface area contributed by atoms with Crippen molar-refractivity contribution in [2.75, 3.05) is 0 Å². The van der Waals surface area contributed by atoms with Crippen LogP contribution in [0.25, 0.3) is 39.0 Å². The second-order valence-corrected chi connectivity index (χ2v) is 11.2. The number of hydrogen-bond donors (Lipinski definition) is 0. The van der Waals surface area contributed by atoms with E-state index in [9.17, 15) is 0 Å². The summed E-state index contributed by atoms with van der Waals surface area (Å²) in [5, 5.41) is 0. The molecule has 0 aliphatic heterocycles. The topological polar surface area (TPSA) is 0 Å². The molecule has 5 aromatic carbocycles. The Balaban J connectivity index is 1.38. The Morgan fingerprint density at radius 3 is 2.05 bits per heavy atom. The van der Waals surface area contributed by atoms with Gasteiger partial charge in [-0.05, 0) is 79.6 Å². The van der Waals surface area contributed by atoms with E-state index in [1.54, 1.807) is 0 Å². The van der Waals surface area contributed by atoms with E-state index in [2.05, 4.69) is 167 Å². The first-order valence-electron chi connectivity index (χ1n) is 14.5. The van der Waals surface area contributed by atoms with Gasteiger partial charge >= 0.3 is 0 Å². The van der Waals surface area contributed by atoms with Gasteiger partial charge in [0.2, 0.25) is 0 Å². The zero-order chi connectivity index (χ0) is 28.3. The lowest BCUT2D eigenvalue weighted by Gasteiger charge is -2.22. The van der Waals surface area contributed by atoms with Crippen LogP contribution in [0.2, 0.25) is 0 Å². The van der Waals surface area contributed by atoms with E-state index in [1.807, 2.05) is 0 Å². The van der Waals surface area contributed by atoms with Crippen molar-refractivity contribution in [1.29, 1.82) is 0 Å². The van der Waals surface area contributed by atoms with E-state index < -0.39 is 0 Å². The van der Waals surface area contributed by atoms with Gasteiger partial charge in [0.1, 0.15) is 0 Å². The van der Waals surface area contributed by atoms with Gasteiger partial charge in [0.15, 0.2) is 0 Å². The van der Waals surface area contributed by atoms with Gasteiger partial charge in [0, 0.05) is 5.92 Å². The lowest BCUT2D eigenvalue weighted by Crippen LogP contribution is -2.03. The Labute approximate surface area is 245 Å². The van der Waals surface area contributed by atoms with Crippen molar-refractivity contribution in [1.82, 2.24) is 0 Å². The summed E-state index contributed by atoms with van der Waals surface area (Å²) in [4.78, 5) is 0. The fraction of sp³-hybridized carbons (Fsp3) is 0.122. The Hall–Kier alpha value is -4.68. The summed E-state index contributed by atoms with van der Waals surface area (Å²) in [7, 11) is 0. The summed E-state index contributed by atoms with van der Waals surface area (Å²) in [6, 6.07) is 42.1. The molecule has 6 rings (SSSR count). The van der Waals surface area contributed by atoms with E-state index in [4.69, 9.17) is 0 Å². The van der Waals surface area contributed by atoms with Crippen molar-refractivity contribution in [3.63, 3.8) is 0 Å². The lowest BCUT2D eigenvalue weighted by molar-refractivity contribution is 0.909. The van der Waals surface area contributed by atoms with Crippen molar-refractivity contribution in [2.45, 2.75) is 32.6 Å². The molecule has 1 aliphatic rings. The van der Waals surface area contributed by atoms with Gasteiger partial charge in [0.25, 0.3) is 0 Å². The van der Waals surface area contributed by atoms with E-state index in [1.165, 1.54) is 61.2 Å². The molecule has 0 bridgehead atoms. The van der Waals surface area contributed by atoms with Crippen LogP contribution in [0.5, 0.6) is 0 Å². The summed E-state index contributed by atoms with van der Waals surface area (Å²) >= 11 is 0. The maximum atomic E-state index is 4.38. The summed E-state index contributed by atoms with van der Waals surface area (Å²) in [6.07, 6.45) is 8.59. The molecule has 1 aliphatic carbocycles. The molecule has 2 unspecified atom stereocenters. The summed E-state index contributed by atoms with van der Waals surface area (Å²) < 4.78 is 0. The Kier molecular flexibility index (Phi) is 7.40. The largest absolute Gasteiger partial charge is 0.0911 e. The summed E-state index contributed by atoms with van der Waals surface area (Å²) in [6.45, 7) is 11.2. The molecule has 0 aromatic heterocycles. The molecule has 0 spiro atoms. The van der Waals surface area contributed by atoms with E-state index in [0.717, 1.165) is 5.57 Å². The van der Waals surface area contributed by atoms with Crippen LogP contribution in [0.4, 0.5) is 0 Å². The molecule has 0 fully saturated rings. The molecule has 0 saturated carbocycles. The van der Waals surface area contributed by atoms with Gasteiger partial charge in [-0.3, -0.25) is 0 Å². The molecule has 2 atom stereocenters. The average Bonchev–Trinajstić information content (AvgIpc) is 3.02. The van der Waals surface area contributed by atoms with Crippen LogP contribution in [0, 0.1) is 6.92 Å². The van der Waals surface area contributed by atoms with Gasteiger partial charge in [-0.2, -0.15) is 0 Å². The van der Waals surface area contributed by atoms with Crippen LogP contribution in [0.3, 0.4) is 0 Å². The number of benzene rings is 5. The molecule has 0 saturated heterocycles. The Bertz CT molecular complexity index is 1780. The molecule has 200 valence electrons. The molecule has 0 heteroatoms. The normalized spacial score (nSPS) is 16.8. The first-order chi connectivity index (χ1) is 20.0. The highest BCUT2D eigenvalue weighted by Crippen LogP contribution is 2.39. The molecule has 0 N–H and O–H groups in total. The second-order valence-electron chi connectivity index (χ2n) is 11.2. The number of fused-ring (bicyclic) bond motifs is 1. The number of aryl methyl sites for hydroxylation is 1. The van der Waals surface area contributed by atoms with Crippen molar-refractivity contribution in [3.8, 4) is 33.4 Å². The summed E-state index contributed by atoms with van der Waals surface area (Å²) in [5.41, 5.74) is 15.2. The second kappa shape index (κ2) is 11.4. The van der Waals surface area contributed by atoms with Gasteiger partial charge in [-0.1, -0.05) is 160 Å². The van der Waals surface area contributed by atoms with Crippen molar-refractivity contribution < 1.29 is 0 Å². The van der Waals surface area contributed by atoms with E-state index >= 15 is 0 Å². The number of rotatable bonds is 5. The van der Waals surface area contributed by atoms with Gasteiger partial charge in [-0.15, -0.1) is 0 Å². The van der Waals surface area contributed by atoms with Crippen molar-refractivity contribution >= 4 is 5.57 Å². The third-order valence-electron chi connectivity index (χ3n) is 8.49. The Morgan fingerprint density at radius 2 is 1.29 bits per heavy atom. The highest BCUT2D eigenvalue weighted by molar-refractivity contribution is 5.85. The van der Waals surface area contributed by atoms with Crippen LogP contribution >= 0.6 is 0 Å². The molecule has 0 amide bonds. The smallest absolute Gasteiger partial charge is 0.00673 e. The lowest BCUT2D eigenvalue weighted by atomic mass is 9.82. The minimum absolute atomic E-state index is 0.238. The quantitative estimate of drug-likeness (QED) is 0.213. The first-order valence-corrected chi connectivity index (χ1v) is 14.5. The molecule has 0 nitrogen and oxygen atoms in total. The molecular weight excluding hydrogens is 492 g/mol. The van der Waals surface area contributed by atoms with Crippen LogP contribution in [-0.2, 0) is 0 Å². The molecule has 0 heterocycles. The third-order valence-corrected chi connectivity index (χ3v) is 8.49. The minimum Gasteiger partial charge on any atom is -0.0911 e. The van der Waals surface area contributed by atoms with Gasteiger partial charge in [0.05, 0.1) is 0 Å². The predicted molar refractivity (Wildman–Crippen MR) is 177 cm³/mol. The highest BCUT2D eigenvalue weighted by Gasteiger charge is 2.19. The van der Waals surface area contributed by atoms with Crippen LogP contribution in [0.1, 0.15) is 53.5 Å².